The van der Waals surface area contributed by atoms with Crippen LogP contribution in [0.4, 0.5) is 5.82 Å². The van der Waals surface area contributed by atoms with Gasteiger partial charge in [0.15, 0.2) is 0 Å². The molecule has 2 heterocycles. The first-order valence-corrected chi connectivity index (χ1v) is 8.84. The molecular formula is C20H26N4O. The summed E-state index contributed by atoms with van der Waals surface area (Å²) in [6.07, 6.45) is 4.35. The molecule has 0 spiro atoms. The SMILES string of the molecule is CN(C)c1ncccc1CNC(=O)c1ccc(CN2CCCC2)cc1. The van der Waals surface area contributed by atoms with Crippen molar-refractivity contribution < 1.29 is 4.79 Å². The van der Waals surface area contributed by atoms with Gasteiger partial charge < -0.3 is 10.2 Å². The molecule has 2 aromatic rings. The summed E-state index contributed by atoms with van der Waals surface area (Å²) in [4.78, 5) is 21.2. The number of rotatable bonds is 6. The van der Waals surface area contributed by atoms with E-state index in [-0.39, 0.29) is 5.91 Å². The van der Waals surface area contributed by atoms with Crippen LogP contribution in [0.1, 0.15) is 34.3 Å². The average Bonchev–Trinajstić information content (AvgIpc) is 3.13. The Labute approximate surface area is 149 Å². The zero-order valence-corrected chi connectivity index (χ0v) is 15.0. The molecule has 0 aliphatic carbocycles. The van der Waals surface area contributed by atoms with Crippen molar-refractivity contribution in [3.05, 3.63) is 59.3 Å². The molecule has 1 N–H and O–H groups in total. The maximum Gasteiger partial charge on any atom is 0.251 e. The van der Waals surface area contributed by atoms with Crippen LogP contribution in [-0.4, -0.2) is 43.0 Å². The number of pyridine rings is 1. The van der Waals surface area contributed by atoms with Crippen molar-refractivity contribution >= 4 is 11.7 Å². The standard InChI is InChI=1S/C20H26N4O/c1-23(2)19-18(6-5-11-21-19)14-22-20(25)17-9-7-16(8-10-17)15-24-12-3-4-13-24/h5-11H,3-4,12-15H2,1-2H3,(H,22,25). The Kier molecular flexibility index (Phi) is 5.66. The molecule has 1 aliphatic rings. The molecule has 1 aromatic carbocycles. The second kappa shape index (κ2) is 8.12. The predicted molar refractivity (Wildman–Crippen MR) is 101 cm³/mol. The van der Waals surface area contributed by atoms with Gasteiger partial charge in [0.1, 0.15) is 5.82 Å². The van der Waals surface area contributed by atoms with Gasteiger partial charge in [0.2, 0.25) is 0 Å². The van der Waals surface area contributed by atoms with Crippen molar-refractivity contribution in [3.63, 3.8) is 0 Å². The molecule has 1 saturated heterocycles. The highest BCUT2D eigenvalue weighted by molar-refractivity contribution is 5.94. The summed E-state index contributed by atoms with van der Waals surface area (Å²) in [5.41, 5.74) is 2.97. The van der Waals surface area contributed by atoms with E-state index in [2.05, 4.69) is 27.3 Å². The normalized spacial score (nSPS) is 14.5. The Balaban J connectivity index is 1.58. The van der Waals surface area contributed by atoms with Gasteiger partial charge in [-0.25, -0.2) is 4.98 Å². The van der Waals surface area contributed by atoms with Crippen LogP contribution in [0.5, 0.6) is 0 Å². The molecule has 0 bridgehead atoms. The number of anilines is 1. The molecule has 0 unspecified atom stereocenters. The monoisotopic (exact) mass is 338 g/mol. The van der Waals surface area contributed by atoms with E-state index in [9.17, 15) is 4.79 Å². The molecule has 1 amide bonds. The van der Waals surface area contributed by atoms with Crippen LogP contribution in [0.25, 0.3) is 0 Å². The first-order valence-electron chi connectivity index (χ1n) is 8.84. The molecule has 0 atom stereocenters. The lowest BCUT2D eigenvalue weighted by molar-refractivity contribution is 0.0951. The van der Waals surface area contributed by atoms with Gasteiger partial charge in [0, 0.05) is 44.5 Å². The summed E-state index contributed by atoms with van der Waals surface area (Å²) in [6.45, 7) is 3.81. The quantitative estimate of drug-likeness (QED) is 0.880. The first-order chi connectivity index (χ1) is 12.1. The molecular weight excluding hydrogens is 312 g/mol. The van der Waals surface area contributed by atoms with Gasteiger partial charge in [-0.05, 0) is 49.7 Å². The van der Waals surface area contributed by atoms with Crippen molar-refractivity contribution in [3.8, 4) is 0 Å². The van der Waals surface area contributed by atoms with E-state index in [1.54, 1.807) is 6.20 Å². The van der Waals surface area contributed by atoms with Gasteiger partial charge in [-0.3, -0.25) is 9.69 Å². The van der Waals surface area contributed by atoms with Crippen molar-refractivity contribution in [2.24, 2.45) is 0 Å². The zero-order chi connectivity index (χ0) is 17.6. The average molecular weight is 338 g/mol. The van der Waals surface area contributed by atoms with Crippen LogP contribution in [0.2, 0.25) is 0 Å². The lowest BCUT2D eigenvalue weighted by atomic mass is 10.1. The number of hydrogen-bond donors (Lipinski definition) is 1. The Morgan fingerprint density at radius 3 is 2.56 bits per heavy atom. The van der Waals surface area contributed by atoms with Gasteiger partial charge in [0.05, 0.1) is 0 Å². The van der Waals surface area contributed by atoms with Crippen LogP contribution < -0.4 is 10.2 Å². The molecule has 25 heavy (non-hydrogen) atoms. The number of aromatic nitrogens is 1. The largest absolute Gasteiger partial charge is 0.362 e. The summed E-state index contributed by atoms with van der Waals surface area (Å²) < 4.78 is 0. The van der Waals surface area contributed by atoms with Gasteiger partial charge in [-0.1, -0.05) is 18.2 Å². The van der Waals surface area contributed by atoms with Crippen LogP contribution in [-0.2, 0) is 13.1 Å². The second-order valence-corrected chi connectivity index (χ2v) is 6.74. The highest BCUT2D eigenvalue weighted by atomic mass is 16.1. The van der Waals surface area contributed by atoms with Crippen molar-refractivity contribution in [2.45, 2.75) is 25.9 Å². The number of benzene rings is 1. The summed E-state index contributed by atoms with van der Waals surface area (Å²) in [6, 6.07) is 11.8. The molecule has 1 aromatic heterocycles. The molecule has 5 nitrogen and oxygen atoms in total. The van der Waals surface area contributed by atoms with E-state index in [1.165, 1.54) is 31.5 Å². The number of amides is 1. The Bertz CT molecular complexity index is 706. The third-order valence-electron chi connectivity index (χ3n) is 4.55. The fraction of sp³-hybridized carbons (Fsp3) is 0.400. The Hall–Kier alpha value is -2.40. The van der Waals surface area contributed by atoms with Gasteiger partial charge in [-0.15, -0.1) is 0 Å². The number of nitrogens with zero attached hydrogens (tertiary/aromatic N) is 3. The van der Waals surface area contributed by atoms with Gasteiger partial charge >= 0.3 is 0 Å². The molecule has 3 rings (SSSR count). The van der Waals surface area contributed by atoms with E-state index < -0.39 is 0 Å². The maximum absolute atomic E-state index is 12.4. The van der Waals surface area contributed by atoms with Crippen molar-refractivity contribution in [1.29, 1.82) is 0 Å². The third-order valence-corrected chi connectivity index (χ3v) is 4.55. The Morgan fingerprint density at radius 1 is 1.16 bits per heavy atom. The van der Waals surface area contributed by atoms with E-state index >= 15 is 0 Å². The second-order valence-electron chi connectivity index (χ2n) is 6.74. The van der Waals surface area contributed by atoms with Crippen LogP contribution >= 0.6 is 0 Å². The molecule has 0 radical (unpaired) electrons. The summed E-state index contributed by atoms with van der Waals surface area (Å²) in [5, 5.41) is 2.99. The lowest BCUT2D eigenvalue weighted by Crippen LogP contribution is -2.24. The van der Waals surface area contributed by atoms with Gasteiger partial charge in [-0.2, -0.15) is 0 Å². The zero-order valence-electron chi connectivity index (χ0n) is 15.0. The lowest BCUT2D eigenvalue weighted by Gasteiger charge is -2.16. The van der Waals surface area contributed by atoms with Crippen LogP contribution in [0.15, 0.2) is 42.6 Å². The van der Waals surface area contributed by atoms with Gasteiger partial charge in [0.25, 0.3) is 5.91 Å². The van der Waals surface area contributed by atoms with Crippen molar-refractivity contribution in [1.82, 2.24) is 15.2 Å². The molecule has 1 fully saturated rings. The highest BCUT2D eigenvalue weighted by Crippen LogP contribution is 2.15. The predicted octanol–water partition coefficient (Wildman–Crippen LogP) is 2.67. The molecule has 5 heteroatoms. The van der Waals surface area contributed by atoms with Crippen LogP contribution in [0.3, 0.4) is 0 Å². The third kappa shape index (κ3) is 4.57. The fourth-order valence-corrected chi connectivity index (χ4v) is 3.21. The maximum atomic E-state index is 12.4. The topological polar surface area (TPSA) is 48.5 Å². The van der Waals surface area contributed by atoms with Crippen LogP contribution in [0, 0.1) is 0 Å². The summed E-state index contributed by atoms with van der Waals surface area (Å²) in [5.74, 6) is 0.824. The van der Waals surface area contributed by atoms with E-state index in [1.807, 2.05) is 43.3 Å². The van der Waals surface area contributed by atoms with E-state index in [0.29, 0.717) is 12.1 Å². The summed E-state index contributed by atoms with van der Waals surface area (Å²) >= 11 is 0. The highest BCUT2D eigenvalue weighted by Gasteiger charge is 2.12. The molecule has 0 saturated carbocycles. The number of carbonyl (C=O) groups excluding carboxylic acids is 1. The minimum absolute atomic E-state index is 0.0544. The smallest absolute Gasteiger partial charge is 0.251 e. The minimum Gasteiger partial charge on any atom is -0.362 e. The van der Waals surface area contributed by atoms with Crippen molar-refractivity contribution in [2.75, 3.05) is 32.1 Å². The summed E-state index contributed by atoms with van der Waals surface area (Å²) in [7, 11) is 3.90. The number of nitrogens with one attached hydrogen (secondary N) is 1. The van der Waals surface area contributed by atoms with E-state index in [0.717, 1.165) is 17.9 Å². The van der Waals surface area contributed by atoms with E-state index in [4.69, 9.17) is 0 Å². The number of carbonyl (C=O) groups is 1. The number of likely N-dealkylation sites (tertiary alicyclic amines) is 1. The Morgan fingerprint density at radius 2 is 1.88 bits per heavy atom. The molecule has 1 aliphatic heterocycles. The minimum atomic E-state index is -0.0544. The fourth-order valence-electron chi connectivity index (χ4n) is 3.21. The first kappa shape index (κ1) is 17.4. The number of hydrogen-bond acceptors (Lipinski definition) is 4. The molecule has 132 valence electrons.